The Balaban J connectivity index is 2.05. The molecule has 4 rings (SSSR count). The zero-order valence-corrected chi connectivity index (χ0v) is 5.03. The minimum absolute atomic E-state index is 0.431. The number of hydrogen-bond donors (Lipinski definition) is 0. The van der Waals surface area contributed by atoms with Gasteiger partial charge in [-0.3, -0.25) is 0 Å². The maximum absolute atomic E-state index is 5.38. The lowest BCUT2D eigenvalue weighted by molar-refractivity contribution is 0.364. The highest BCUT2D eigenvalue weighted by Crippen LogP contribution is 2.43. The number of hydrogen-bond acceptors (Lipinski definition) is 3. The Morgan fingerprint density at radius 2 is 1.56 bits per heavy atom. The Morgan fingerprint density at radius 1 is 1.00 bits per heavy atom. The first-order valence-corrected chi connectivity index (χ1v) is 3.50. The van der Waals surface area contributed by atoms with Crippen LogP contribution in [0.5, 0.6) is 0 Å². The molecule has 0 aromatic carbocycles. The van der Waals surface area contributed by atoms with Gasteiger partial charge in [0.05, 0.1) is 12.1 Å². The molecule has 0 amide bonds. The van der Waals surface area contributed by atoms with Crippen LogP contribution in [0.4, 0.5) is 0 Å². The molecule has 3 heteroatoms. The van der Waals surface area contributed by atoms with E-state index in [0.717, 1.165) is 0 Å². The van der Waals surface area contributed by atoms with Crippen molar-refractivity contribution in [3.05, 3.63) is 0 Å². The van der Waals surface area contributed by atoms with Gasteiger partial charge in [-0.15, -0.1) is 0 Å². The molecule has 48 valence electrons. The van der Waals surface area contributed by atoms with E-state index in [1.165, 1.54) is 12.8 Å². The molecule has 0 aromatic rings. The minimum Gasteiger partial charge on any atom is -0.365 e. The second-order valence-electron chi connectivity index (χ2n) is 3.01. The molecule has 1 saturated carbocycles. The number of azo groups is 1. The van der Waals surface area contributed by atoms with Gasteiger partial charge in [-0.05, 0) is 12.8 Å². The van der Waals surface area contributed by atoms with E-state index in [9.17, 15) is 0 Å². The molecule has 0 radical (unpaired) electrons. The summed E-state index contributed by atoms with van der Waals surface area (Å²) in [4.78, 5) is 0. The average molecular weight is 124 g/mol. The van der Waals surface area contributed by atoms with E-state index in [4.69, 9.17) is 4.74 Å². The van der Waals surface area contributed by atoms with Crippen molar-refractivity contribution in [3.8, 4) is 0 Å². The predicted molar refractivity (Wildman–Crippen MR) is 30.3 cm³/mol. The largest absolute Gasteiger partial charge is 0.365 e. The molecular formula is C6H8N2O. The van der Waals surface area contributed by atoms with Gasteiger partial charge in [-0.2, -0.15) is 10.2 Å². The summed E-state index contributed by atoms with van der Waals surface area (Å²) in [7, 11) is 0. The fourth-order valence-corrected chi connectivity index (χ4v) is 1.84. The lowest BCUT2D eigenvalue weighted by Gasteiger charge is -2.23. The molecule has 4 aliphatic rings. The average Bonchev–Trinajstić information content (AvgIpc) is 2.68. The van der Waals surface area contributed by atoms with Gasteiger partial charge < -0.3 is 4.74 Å². The summed E-state index contributed by atoms with van der Waals surface area (Å²) in [5.41, 5.74) is 0. The van der Waals surface area contributed by atoms with Crippen molar-refractivity contribution in [3.63, 3.8) is 0 Å². The van der Waals surface area contributed by atoms with Crippen LogP contribution in [0.2, 0.25) is 0 Å². The molecule has 3 nitrogen and oxygen atoms in total. The maximum Gasteiger partial charge on any atom is 0.111 e. The van der Waals surface area contributed by atoms with Crippen molar-refractivity contribution in [2.75, 3.05) is 0 Å². The first-order valence-electron chi connectivity index (χ1n) is 3.50. The molecule has 1 saturated heterocycles. The third-order valence-corrected chi connectivity index (χ3v) is 2.44. The fraction of sp³-hybridized carbons (Fsp3) is 1.00. The molecule has 0 N–H and O–H groups in total. The highest BCUT2D eigenvalue weighted by molar-refractivity contribution is 5.08. The van der Waals surface area contributed by atoms with E-state index in [1.54, 1.807) is 0 Å². The van der Waals surface area contributed by atoms with Crippen LogP contribution in [-0.4, -0.2) is 24.3 Å². The Bertz CT molecular complexity index is 162. The zero-order chi connectivity index (χ0) is 5.84. The summed E-state index contributed by atoms with van der Waals surface area (Å²) in [5, 5.41) is 8.24. The molecule has 2 fully saturated rings. The summed E-state index contributed by atoms with van der Waals surface area (Å²) < 4.78 is 5.38. The van der Waals surface area contributed by atoms with Crippen LogP contribution in [0, 0.1) is 0 Å². The first-order chi connectivity index (χ1) is 4.45. The van der Waals surface area contributed by atoms with Crippen LogP contribution in [-0.2, 0) is 4.74 Å². The van der Waals surface area contributed by atoms with Crippen LogP contribution in [0.15, 0.2) is 10.2 Å². The van der Waals surface area contributed by atoms with Crippen molar-refractivity contribution in [2.45, 2.75) is 37.1 Å². The van der Waals surface area contributed by atoms with Gasteiger partial charge in [0.1, 0.15) is 12.2 Å². The molecule has 1 aliphatic carbocycles. The fourth-order valence-electron chi connectivity index (χ4n) is 1.84. The second kappa shape index (κ2) is 1.19. The highest BCUT2D eigenvalue weighted by atomic mass is 16.6. The van der Waals surface area contributed by atoms with Gasteiger partial charge in [0.2, 0.25) is 0 Å². The summed E-state index contributed by atoms with van der Waals surface area (Å²) in [6.45, 7) is 0. The topological polar surface area (TPSA) is 37.2 Å². The molecule has 3 heterocycles. The lowest BCUT2D eigenvalue weighted by atomic mass is 9.91. The molecule has 9 heavy (non-hydrogen) atoms. The number of fused-ring (bicyclic) bond motifs is 1. The van der Waals surface area contributed by atoms with E-state index >= 15 is 0 Å². The molecule has 0 spiro atoms. The van der Waals surface area contributed by atoms with E-state index in [-0.39, 0.29) is 0 Å². The molecule has 4 unspecified atom stereocenters. The summed E-state index contributed by atoms with van der Waals surface area (Å²) in [6.07, 6.45) is 3.35. The summed E-state index contributed by atoms with van der Waals surface area (Å²) in [5.74, 6) is 0. The van der Waals surface area contributed by atoms with Gasteiger partial charge in [-0.25, -0.2) is 0 Å². The van der Waals surface area contributed by atoms with Gasteiger partial charge in [0, 0.05) is 0 Å². The Hall–Kier alpha value is -0.440. The smallest absolute Gasteiger partial charge is 0.111 e. The lowest BCUT2D eigenvalue weighted by Crippen LogP contribution is -2.33. The van der Waals surface area contributed by atoms with Crippen molar-refractivity contribution in [1.29, 1.82) is 0 Å². The SMILES string of the molecule is C1CC2N=NC1C1OC21. The van der Waals surface area contributed by atoms with E-state index in [1.807, 2.05) is 0 Å². The normalized spacial score (nSPS) is 59.6. The number of epoxide rings is 1. The van der Waals surface area contributed by atoms with Crippen LogP contribution in [0.25, 0.3) is 0 Å². The Labute approximate surface area is 53.1 Å². The third kappa shape index (κ3) is 0.421. The van der Waals surface area contributed by atoms with Gasteiger partial charge >= 0.3 is 0 Å². The van der Waals surface area contributed by atoms with Gasteiger partial charge in [0.25, 0.3) is 0 Å². The van der Waals surface area contributed by atoms with Crippen molar-refractivity contribution in [2.24, 2.45) is 10.2 Å². The molecule has 2 bridgehead atoms. The standard InChI is InChI=1S/C6H8N2O/c1-2-4-6-5(9-6)3(1)7-8-4/h3-6H,1-2H2. The van der Waals surface area contributed by atoms with E-state index in [2.05, 4.69) is 10.2 Å². The second-order valence-corrected chi connectivity index (χ2v) is 3.01. The van der Waals surface area contributed by atoms with Crippen LogP contribution in [0.1, 0.15) is 12.8 Å². The third-order valence-electron chi connectivity index (χ3n) is 2.44. The Morgan fingerprint density at radius 3 is 1.89 bits per heavy atom. The predicted octanol–water partition coefficient (Wildman–Crippen LogP) is 0.751. The molecular weight excluding hydrogens is 116 g/mol. The first kappa shape index (κ1) is 4.39. The number of ether oxygens (including phenoxy) is 1. The number of nitrogens with zero attached hydrogens (tertiary/aromatic N) is 2. The van der Waals surface area contributed by atoms with Crippen LogP contribution < -0.4 is 0 Å². The number of rotatable bonds is 0. The van der Waals surface area contributed by atoms with Crippen LogP contribution in [0.3, 0.4) is 0 Å². The molecule has 3 aliphatic heterocycles. The van der Waals surface area contributed by atoms with Gasteiger partial charge in [-0.1, -0.05) is 0 Å². The van der Waals surface area contributed by atoms with E-state index in [0.29, 0.717) is 24.3 Å². The minimum atomic E-state index is 0.431. The molecule has 4 atom stereocenters. The monoisotopic (exact) mass is 124 g/mol. The van der Waals surface area contributed by atoms with Crippen molar-refractivity contribution in [1.82, 2.24) is 0 Å². The Kier molecular flexibility index (Phi) is 0.578. The highest BCUT2D eigenvalue weighted by Gasteiger charge is 2.56. The van der Waals surface area contributed by atoms with Crippen molar-refractivity contribution < 1.29 is 4.74 Å². The quantitative estimate of drug-likeness (QED) is 0.439. The van der Waals surface area contributed by atoms with E-state index < -0.39 is 0 Å². The maximum atomic E-state index is 5.38. The van der Waals surface area contributed by atoms with Gasteiger partial charge in [0.15, 0.2) is 0 Å². The summed E-state index contributed by atoms with van der Waals surface area (Å²) >= 11 is 0. The zero-order valence-electron chi connectivity index (χ0n) is 5.03. The van der Waals surface area contributed by atoms with Crippen molar-refractivity contribution >= 4 is 0 Å². The van der Waals surface area contributed by atoms with Crippen LogP contribution >= 0.6 is 0 Å². The summed E-state index contributed by atoms with van der Waals surface area (Å²) in [6, 6.07) is 0.861. The molecule has 0 aromatic heterocycles.